The molecule has 0 aliphatic carbocycles. The van der Waals surface area contributed by atoms with E-state index >= 15 is 0 Å². The number of hydrazone groups is 1. The predicted molar refractivity (Wildman–Crippen MR) is 126 cm³/mol. The first-order chi connectivity index (χ1) is 15.4. The second kappa shape index (κ2) is 9.18. The lowest BCUT2D eigenvalue weighted by Crippen LogP contribution is -2.42. The third-order valence-electron chi connectivity index (χ3n) is 5.77. The van der Waals surface area contributed by atoms with E-state index in [1.165, 1.54) is 5.56 Å². The maximum absolute atomic E-state index is 12.9. The van der Waals surface area contributed by atoms with Crippen molar-refractivity contribution in [2.24, 2.45) is 0 Å². The number of hydrogen-bond acceptors (Lipinski definition) is 2. The molecule has 1 aliphatic rings. The molecule has 3 aromatic carbocycles. The van der Waals surface area contributed by atoms with Gasteiger partial charge in [-0.05, 0) is 42.7 Å². The summed E-state index contributed by atoms with van der Waals surface area (Å²) in [4.78, 5) is 25.8. The molecule has 0 saturated carbocycles. The van der Waals surface area contributed by atoms with Gasteiger partial charge in [-0.25, -0.2) is 0 Å². The molecule has 2 atom stereocenters. The van der Waals surface area contributed by atoms with Crippen LogP contribution in [0.4, 0.5) is 0 Å². The smallest absolute Gasteiger partial charge is 0.304 e. The lowest BCUT2D eigenvalue weighted by Gasteiger charge is -2.14. The topological polar surface area (TPSA) is 61.2 Å². The molecule has 4 rings (SSSR count). The molecule has 0 aromatic heterocycles. The fraction of sp³-hybridized carbons (Fsp3) is 0.222. The van der Waals surface area contributed by atoms with Crippen LogP contribution in [-0.4, -0.2) is 28.8 Å². The maximum Gasteiger partial charge on any atom is 0.304 e. The van der Waals surface area contributed by atoms with Gasteiger partial charge in [0, 0.05) is 16.7 Å². The van der Waals surface area contributed by atoms with E-state index in [9.17, 15) is 9.59 Å². The number of carbonyl (C=O) groups excluding carboxylic acids is 2. The summed E-state index contributed by atoms with van der Waals surface area (Å²) in [6.45, 7) is 6.29. The highest BCUT2D eigenvalue weighted by atomic mass is 16.2. The minimum absolute atomic E-state index is 0.241. The number of hydrazine groups is 1. The third kappa shape index (κ3) is 4.62. The first-order valence-electron chi connectivity index (χ1n) is 10.9. The summed E-state index contributed by atoms with van der Waals surface area (Å²) in [5.74, 6) is -0.0578. The van der Waals surface area contributed by atoms with Crippen molar-refractivity contribution >= 4 is 18.0 Å². The lowest BCUT2D eigenvalue weighted by atomic mass is 9.99. The van der Waals surface area contributed by atoms with Crippen LogP contribution in [0.15, 0.2) is 78.9 Å². The van der Waals surface area contributed by atoms with E-state index in [0.717, 1.165) is 16.7 Å². The van der Waals surface area contributed by atoms with Gasteiger partial charge in [0.05, 0.1) is 0 Å². The van der Waals surface area contributed by atoms with Gasteiger partial charge in [0.1, 0.15) is 0 Å². The van der Waals surface area contributed by atoms with Gasteiger partial charge in [-0.1, -0.05) is 74.0 Å². The van der Waals surface area contributed by atoms with Crippen LogP contribution in [0.25, 0.3) is 0 Å². The molecule has 2 N–H and O–H groups in total. The molecule has 0 radical (unpaired) electrons. The highest BCUT2D eigenvalue weighted by molar-refractivity contribution is 5.98. The molecular formula is C27H28N3O2+. The second-order valence-corrected chi connectivity index (χ2v) is 8.51. The molecule has 1 heterocycles. The zero-order valence-corrected chi connectivity index (χ0v) is 18.6. The Bertz CT molecular complexity index is 1130. The minimum Gasteiger partial charge on any atom is -0.334 e. The molecule has 1 fully saturated rings. The van der Waals surface area contributed by atoms with E-state index in [1.54, 1.807) is 16.8 Å². The van der Waals surface area contributed by atoms with Crippen molar-refractivity contribution in [2.75, 3.05) is 0 Å². The molecule has 32 heavy (non-hydrogen) atoms. The SMILES string of the molecule is Cc1ccc(C(=O)N[C@H]2C(=O)N/[N+](=C\c3ccc(C(C)C)cc3)[C@H]2c2ccccc2)cc1. The molecule has 0 bridgehead atoms. The van der Waals surface area contributed by atoms with Gasteiger partial charge in [-0.15, -0.1) is 10.1 Å². The van der Waals surface area contributed by atoms with E-state index < -0.39 is 6.04 Å². The first-order valence-corrected chi connectivity index (χ1v) is 10.9. The molecule has 1 aliphatic heterocycles. The number of hydrogen-bond donors (Lipinski definition) is 2. The zero-order chi connectivity index (χ0) is 22.7. The van der Waals surface area contributed by atoms with Crippen LogP contribution in [0, 0.1) is 6.92 Å². The summed E-state index contributed by atoms with van der Waals surface area (Å²) in [6, 6.07) is 24.3. The molecule has 2 amide bonds. The van der Waals surface area contributed by atoms with Gasteiger partial charge >= 0.3 is 5.91 Å². The van der Waals surface area contributed by atoms with Crippen LogP contribution in [0.1, 0.15) is 58.4 Å². The number of benzene rings is 3. The maximum atomic E-state index is 12.9. The van der Waals surface area contributed by atoms with Crippen molar-refractivity contribution in [1.29, 1.82) is 0 Å². The summed E-state index contributed by atoms with van der Waals surface area (Å²) in [7, 11) is 0. The van der Waals surface area contributed by atoms with Crippen LogP contribution in [0.5, 0.6) is 0 Å². The number of nitrogens with one attached hydrogen (secondary N) is 2. The van der Waals surface area contributed by atoms with Crippen molar-refractivity contribution in [1.82, 2.24) is 10.7 Å². The molecule has 5 heteroatoms. The largest absolute Gasteiger partial charge is 0.334 e. The standard InChI is InChI=1S/C27H27N3O2/c1-18(2)21-15-11-20(12-16-21)17-30-25(22-7-5-4-6-8-22)24(27(32)29-30)28-26(31)23-13-9-19(3)10-14-23/h4-18,24-25H,1-3H3,(H-,28,29,31,32)/p+1/b30-17-/t24-,25+/m1/s1. The minimum atomic E-state index is -0.725. The normalized spacial score (nSPS) is 19.2. The van der Waals surface area contributed by atoms with Crippen LogP contribution >= 0.6 is 0 Å². The van der Waals surface area contributed by atoms with Gasteiger partial charge in [-0.2, -0.15) is 0 Å². The van der Waals surface area contributed by atoms with E-state index in [2.05, 4.69) is 36.7 Å². The molecule has 0 unspecified atom stereocenters. The van der Waals surface area contributed by atoms with E-state index in [-0.39, 0.29) is 17.9 Å². The third-order valence-corrected chi connectivity index (χ3v) is 5.77. The van der Waals surface area contributed by atoms with E-state index in [1.807, 2.05) is 67.7 Å². The quantitative estimate of drug-likeness (QED) is 0.603. The Morgan fingerprint density at radius 1 is 0.969 bits per heavy atom. The Kier molecular flexibility index (Phi) is 6.17. The van der Waals surface area contributed by atoms with Crippen molar-refractivity contribution < 1.29 is 14.3 Å². The van der Waals surface area contributed by atoms with Gasteiger partial charge in [0.15, 0.2) is 6.04 Å². The van der Waals surface area contributed by atoms with Gasteiger partial charge in [-0.3, -0.25) is 9.59 Å². The zero-order valence-electron chi connectivity index (χ0n) is 18.6. The number of carbonyl (C=O) groups is 2. The molecule has 3 aromatic rings. The number of nitrogens with zero attached hydrogens (tertiary/aromatic N) is 1. The Morgan fingerprint density at radius 2 is 1.62 bits per heavy atom. The van der Waals surface area contributed by atoms with Crippen molar-refractivity contribution in [3.05, 3.63) is 107 Å². The fourth-order valence-electron chi connectivity index (χ4n) is 3.89. The summed E-state index contributed by atoms with van der Waals surface area (Å²) in [5, 5.41) is 2.94. The molecule has 5 nitrogen and oxygen atoms in total. The highest BCUT2D eigenvalue weighted by Gasteiger charge is 2.47. The molecule has 162 valence electrons. The van der Waals surface area contributed by atoms with E-state index in [4.69, 9.17) is 0 Å². The molecular weight excluding hydrogens is 398 g/mol. The Hall–Kier alpha value is -3.73. The van der Waals surface area contributed by atoms with Gasteiger partial charge < -0.3 is 5.32 Å². The molecule has 1 saturated heterocycles. The molecule has 0 spiro atoms. The van der Waals surface area contributed by atoms with Crippen molar-refractivity contribution in [3.8, 4) is 0 Å². The van der Waals surface area contributed by atoms with Gasteiger partial charge in [0.25, 0.3) is 5.91 Å². The Labute approximate surface area is 188 Å². The predicted octanol–water partition coefficient (Wildman–Crippen LogP) is 4.13. The average molecular weight is 427 g/mol. The first kappa shape index (κ1) is 21.5. The second-order valence-electron chi connectivity index (χ2n) is 8.51. The summed E-state index contributed by atoms with van der Waals surface area (Å²) < 4.78 is 1.79. The Morgan fingerprint density at radius 3 is 2.25 bits per heavy atom. The van der Waals surface area contributed by atoms with Crippen LogP contribution in [0.3, 0.4) is 0 Å². The van der Waals surface area contributed by atoms with Gasteiger partial charge in [0.2, 0.25) is 12.3 Å². The average Bonchev–Trinajstić information content (AvgIpc) is 3.09. The lowest BCUT2D eigenvalue weighted by molar-refractivity contribution is -0.596. The number of amides is 2. The van der Waals surface area contributed by atoms with Crippen molar-refractivity contribution in [3.63, 3.8) is 0 Å². The van der Waals surface area contributed by atoms with E-state index in [0.29, 0.717) is 11.5 Å². The summed E-state index contributed by atoms with van der Waals surface area (Å²) >= 11 is 0. The summed E-state index contributed by atoms with van der Waals surface area (Å²) in [5.41, 5.74) is 7.71. The fourth-order valence-corrected chi connectivity index (χ4v) is 3.89. The van der Waals surface area contributed by atoms with Crippen LogP contribution < -0.4 is 10.7 Å². The number of rotatable bonds is 5. The monoisotopic (exact) mass is 426 g/mol. The number of aryl methyl sites for hydroxylation is 1. The highest BCUT2D eigenvalue weighted by Crippen LogP contribution is 2.25. The van der Waals surface area contributed by atoms with Crippen molar-refractivity contribution in [2.45, 2.75) is 38.8 Å². The van der Waals surface area contributed by atoms with Crippen LogP contribution in [-0.2, 0) is 4.79 Å². The summed E-state index contributed by atoms with van der Waals surface area (Å²) in [6.07, 6.45) is 1.91. The van der Waals surface area contributed by atoms with Crippen LogP contribution in [0.2, 0.25) is 0 Å². The Balaban J connectivity index is 1.66.